The van der Waals surface area contributed by atoms with Crippen molar-refractivity contribution in [1.29, 1.82) is 0 Å². The lowest BCUT2D eigenvalue weighted by atomic mass is 10.2. The number of hydrogen-bond acceptors (Lipinski definition) is 4. The fourth-order valence-electron chi connectivity index (χ4n) is 2.73. The van der Waals surface area contributed by atoms with E-state index in [1.807, 2.05) is 37.3 Å². The highest BCUT2D eigenvalue weighted by molar-refractivity contribution is 9.10. The molecular formula is C22H22BrFN2O2. The second-order valence-electron chi connectivity index (χ2n) is 6.14. The summed E-state index contributed by atoms with van der Waals surface area (Å²) in [7, 11) is 0. The minimum Gasteiger partial charge on any atom is -0.490 e. The SMILES string of the molecule is CCOc1cc(CNCc2ccccn2)cc(Br)c1OCc1ccccc1F. The molecule has 0 aliphatic heterocycles. The third kappa shape index (κ3) is 5.53. The monoisotopic (exact) mass is 444 g/mol. The van der Waals surface area contributed by atoms with Gasteiger partial charge in [0.25, 0.3) is 0 Å². The van der Waals surface area contributed by atoms with E-state index < -0.39 is 0 Å². The quantitative estimate of drug-likeness (QED) is 0.489. The predicted octanol–water partition coefficient (Wildman–Crippen LogP) is 5.25. The molecule has 28 heavy (non-hydrogen) atoms. The Labute approximate surface area is 172 Å². The Hall–Kier alpha value is -2.44. The number of benzene rings is 2. The van der Waals surface area contributed by atoms with E-state index in [0.29, 0.717) is 36.8 Å². The van der Waals surface area contributed by atoms with Crippen LogP contribution in [0, 0.1) is 5.82 Å². The Bertz CT molecular complexity index is 906. The van der Waals surface area contributed by atoms with Crippen molar-refractivity contribution >= 4 is 15.9 Å². The highest BCUT2D eigenvalue weighted by Gasteiger charge is 2.13. The van der Waals surface area contributed by atoms with Crippen LogP contribution in [-0.4, -0.2) is 11.6 Å². The molecule has 0 saturated carbocycles. The van der Waals surface area contributed by atoms with Crippen LogP contribution >= 0.6 is 15.9 Å². The van der Waals surface area contributed by atoms with Gasteiger partial charge in [-0.25, -0.2) is 4.39 Å². The minimum absolute atomic E-state index is 0.128. The first-order valence-electron chi connectivity index (χ1n) is 9.09. The molecule has 0 saturated heterocycles. The van der Waals surface area contributed by atoms with Gasteiger partial charge < -0.3 is 14.8 Å². The number of halogens is 2. The molecule has 146 valence electrons. The molecule has 0 bridgehead atoms. The molecule has 0 fully saturated rings. The van der Waals surface area contributed by atoms with E-state index in [1.54, 1.807) is 24.4 Å². The molecule has 0 spiro atoms. The summed E-state index contributed by atoms with van der Waals surface area (Å²) < 4.78 is 26.2. The van der Waals surface area contributed by atoms with E-state index >= 15 is 0 Å². The number of pyridine rings is 1. The Kier molecular flexibility index (Phi) is 7.39. The van der Waals surface area contributed by atoms with Gasteiger partial charge in [0.15, 0.2) is 11.5 Å². The first kappa shape index (κ1) is 20.3. The van der Waals surface area contributed by atoms with Gasteiger partial charge in [0, 0.05) is 24.8 Å². The number of rotatable bonds is 9. The van der Waals surface area contributed by atoms with E-state index in [4.69, 9.17) is 9.47 Å². The van der Waals surface area contributed by atoms with E-state index in [0.717, 1.165) is 15.7 Å². The van der Waals surface area contributed by atoms with E-state index in [-0.39, 0.29) is 12.4 Å². The first-order chi connectivity index (χ1) is 13.7. The van der Waals surface area contributed by atoms with Crippen LogP contribution in [0.4, 0.5) is 4.39 Å². The molecule has 0 aliphatic carbocycles. The number of aromatic nitrogens is 1. The lowest BCUT2D eigenvalue weighted by Gasteiger charge is -2.16. The lowest BCUT2D eigenvalue weighted by molar-refractivity contribution is 0.264. The number of hydrogen-bond donors (Lipinski definition) is 1. The molecule has 1 heterocycles. The summed E-state index contributed by atoms with van der Waals surface area (Å²) in [5.41, 5.74) is 2.53. The molecule has 6 heteroatoms. The van der Waals surface area contributed by atoms with Crippen molar-refractivity contribution in [3.05, 3.63) is 87.9 Å². The molecule has 1 N–H and O–H groups in total. The van der Waals surface area contributed by atoms with Gasteiger partial charge in [-0.1, -0.05) is 24.3 Å². The van der Waals surface area contributed by atoms with Crippen molar-refractivity contribution in [3.63, 3.8) is 0 Å². The van der Waals surface area contributed by atoms with Crippen LogP contribution in [0.15, 0.2) is 65.3 Å². The van der Waals surface area contributed by atoms with Gasteiger partial charge in [0.05, 0.1) is 16.8 Å². The van der Waals surface area contributed by atoms with Gasteiger partial charge in [0.2, 0.25) is 0 Å². The zero-order valence-corrected chi connectivity index (χ0v) is 17.2. The van der Waals surface area contributed by atoms with Gasteiger partial charge in [-0.3, -0.25) is 4.98 Å². The number of nitrogens with one attached hydrogen (secondary N) is 1. The van der Waals surface area contributed by atoms with Crippen LogP contribution in [0.25, 0.3) is 0 Å². The van der Waals surface area contributed by atoms with Crippen LogP contribution in [0.2, 0.25) is 0 Å². The van der Waals surface area contributed by atoms with E-state index in [1.165, 1.54) is 6.07 Å². The summed E-state index contributed by atoms with van der Waals surface area (Å²) in [6.07, 6.45) is 1.78. The average Bonchev–Trinajstić information content (AvgIpc) is 2.70. The van der Waals surface area contributed by atoms with Gasteiger partial charge in [-0.2, -0.15) is 0 Å². The largest absolute Gasteiger partial charge is 0.490 e. The van der Waals surface area contributed by atoms with Crippen molar-refractivity contribution in [3.8, 4) is 11.5 Å². The molecule has 4 nitrogen and oxygen atoms in total. The van der Waals surface area contributed by atoms with Crippen molar-refractivity contribution < 1.29 is 13.9 Å². The third-order valence-electron chi connectivity index (χ3n) is 4.06. The van der Waals surface area contributed by atoms with Crippen LogP contribution < -0.4 is 14.8 Å². The minimum atomic E-state index is -0.285. The molecule has 0 unspecified atom stereocenters. The van der Waals surface area contributed by atoms with Gasteiger partial charge >= 0.3 is 0 Å². The van der Waals surface area contributed by atoms with Crippen LogP contribution in [0.5, 0.6) is 11.5 Å². The van der Waals surface area contributed by atoms with Crippen LogP contribution in [0.1, 0.15) is 23.7 Å². The first-order valence-corrected chi connectivity index (χ1v) is 9.88. The summed E-state index contributed by atoms with van der Waals surface area (Å²) in [4.78, 5) is 4.30. The summed E-state index contributed by atoms with van der Waals surface area (Å²) in [5.74, 6) is 0.911. The fraction of sp³-hybridized carbons (Fsp3) is 0.227. The molecule has 2 aromatic carbocycles. The maximum Gasteiger partial charge on any atom is 0.175 e. The molecule has 0 aliphatic rings. The maximum atomic E-state index is 13.8. The summed E-state index contributed by atoms with van der Waals surface area (Å²) in [5, 5.41) is 3.37. The molecule has 1 aromatic heterocycles. The Balaban J connectivity index is 1.69. The van der Waals surface area contributed by atoms with E-state index in [9.17, 15) is 4.39 Å². The van der Waals surface area contributed by atoms with Crippen LogP contribution in [-0.2, 0) is 19.7 Å². The number of nitrogens with zero attached hydrogens (tertiary/aromatic N) is 1. The highest BCUT2D eigenvalue weighted by atomic mass is 79.9. The van der Waals surface area contributed by atoms with Gasteiger partial charge in [0.1, 0.15) is 12.4 Å². The number of ether oxygens (including phenoxy) is 2. The maximum absolute atomic E-state index is 13.8. The zero-order chi connectivity index (χ0) is 19.8. The smallest absolute Gasteiger partial charge is 0.175 e. The Morgan fingerprint density at radius 1 is 1.04 bits per heavy atom. The molecule has 0 amide bonds. The van der Waals surface area contributed by atoms with Crippen molar-refractivity contribution in [2.45, 2.75) is 26.6 Å². The summed E-state index contributed by atoms with van der Waals surface area (Å²) in [6.45, 7) is 3.88. The summed E-state index contributed by atoms with van der Waals surface area (Å²) in [6, 6.07) is 16.3. The Morgan fingerprint density at radius 3 is 2.61 bits per heavy atom. The molecular weight excluding hydrogens is 423 g/mol. The van der Waals surface area contributed by atoms with E-state index in [2.05, 4.69) is 26.2 Å². The molecule has 0 radical (unpaired) electrons. The van der Waals surface area contributed by atoms with Crippen molar-refractivity contribution in [2.24, 2.45) is 0 Å². The third-order valence-corrected chi connectivity index (χ3v) is 4.65. The topological polar surface area (TPSA) is 43.4 Å². The summed E-state index contributed by atoms with van der Waals surface area (Å²) >= 11 is 3.56. The standard InChI is InChI=1S/C22H22BrFN2O2/c1-2-27-21-12-16(13-25-14-18-8-5-6-10-26-18)11-19(23)22(21)28-15-17-7-3-4-9-20(17)24/h3-12,25H,2,13-15H2,1H3. The van der Waals surface area contributed by atoms with Crippen molar-refractivity contribution in [1.82, 2.24) is 10.3 Å². The normalized spacial score (nSPS) is 10.7. The Morgan fingerprint density at radius 2 is 1.86 bits per heavy atom. The predicted molar refractivity (Wildman–Crippen MR) is 111 cm³/mol. The fourth-order valence-corrected chi connectivity index (χ4v) is 3.33. The van der Waals surface area contributed by atoms with Crippen LogP contribution in [0.3, 0.4) is 0 Å². The molecule has 3 aromatic rings. The highest BCUT2D eigenvalue weighted by Crippen LogP contribution is 2.37. The zero-order valence-electron chi connectivity index (χ0n) is 15.6. The second kappa shape index (κ2) is 10.2. The van der Waals surface area contributed by atoms with Gasteiger partial charge in [-0.15, -0.1) is 0 Å². The molecule has 3 rings (SSSR count). The van der Waals surface area contributed by atoms with Crippen molar-refractivity contribution in [2.75, 3.05) is 6.61 Å². The average molecular weight is 445 g/mol. The molecule has 0 atom stereocenters. The van der Waals surface area contributed by atoms with Gasteiger partial charge in [-0.05, 0) is 58.7 Å². The lowest BCUT2D eigenvalue weighted by Crippen LogP contribution is -2.14. The second-order valence-corrected chi connectivity index (χ2v) is 7.00.